The summed E-state index contributed by atoms with van der Waals surface area (Å²) >= 11 is 0. The van der Waals surface area contributed by atoms with E-state index in [1.54, 1.807) is 21.3 Å². The predicted molar refractivity (Wildman–Crippen MR) is 85.6 cm³/mol. The lowest BCUT2D eigenvalue weighted by molar-refractivity contribution is 0.325. The fraction of sp³-hybridized carbons (Fsp3) is 0.188. The van der Waals surface area contributed by atoms with E-state index in [-0.39, 0.29) is 0 Å². The SMILES string of the molecule is COc1ccc(-c2n[nH]c3cc(N)ccc23)c(OC)c1OC. The van der Waals surface area contributed by atoms with Gasteiger partial charge in [0.05, 0.1) is 26.8 Å². The van der Waals surface area contributed by atoms with Crippen LogP contribution < -0.4 is 19.9 Å². The summed E-state index contributed by atoms with van der Waals surface area (Å²) in [5, 5.41) is 8.33. The Hall–Kier alpha value is -2.89. The molecule has 0 aliphatic rings. The number of nitrogens with zero attached hydrogens (tertiary/aromatic N) is 1. The first kappa shape index (κ1) is 14.1. The van der Waals surface area contributed by atoms with Gasteiger partial charge in [0.1, 0.15) is 5.69 Å². The van der Waals surface area contributed by atoms with E-state index in [0.717, 1.165) is 22.2 Å². The summed E-state index contributed by atoms with van der Waals surface area (Å²) < 4.78 is 16.2. The fourth-order valence-corrected chi connectivity index (χ4v) is 2.53. The van der Waals surface area contributed by atoms with Crippen molar-refractivity contribution in [2.24, 2.45) is 0 Å². The van der Waals surface area contributed by atoms with E-state index in [0.29, 0.717) is 22.9 Å². The van der Waals surface area contributed by atoms with Gasteiger partial charge in [-0.05, 0) is 30.3 Å². The smallest absolute Gasteiger partial charge is 0.203 e. The van der Waals surface area contributed by atoms with Crippen LogP contribution in [0.2, 0.25) is 0 Å². The summed E-state index contributed by atoms with van der Waals surface area (Å²) in [5.41, 5.74) is 8.94. The van der Waals surface area contributed by atoms with Gasteiger partial charge in [0, 0.05) is 16.6 Å². The van der Waals surface area contributed by atoms with Crippen molar-refractivity contribution in [3.63, 3.8) is 0 Å². The van der Waals surface area contributed by atoms with Crippen LogP contribution in [0.4, 0.5) is 5.69 Å². The van der Waals surface area contributed by atoms with Gasteiger partial charge in [0.25, 0.3) is 0 Å². The van der Waals surface area contributed by atoms with E-state index in [4.69, 9.17) is 19.9 Å². The van der Waals surface area contributed by atoms with E-state index >= 15 is 0 Å². The van der Waals surface area contributed by atoms with Gasteiger partial charge in [-0.1, -0.05) is 0 Å². The van der Waals surface area contributed by atoms with E-state index in [9.17, 15) is 0 Å². The van der Waals surface area contributed by atoms with Crippen LogP contribution in [0.15, 0.2) is 30.3 Å². The van der Waals surface area contributed by atoms with Crippen molar-refractivity contribution in [3.8, 4) is 28.5 Å². The Morgan fingerprint density at radius 3 is 2.41 bits per heavy atom. The Labute approximate surface area is 127 Å². The standard InChI is InChI=1S/C16H17N3O3/c1-20-13-7-6-11(15(21-2)16(13)22-3)14-10-5-4-9(17)8-12(10)18-19-14/h4-8H,17H2,1-3H3,(H,18,19). The molecule has 2 aromatic carbocycles. The highest BCUT2D eigenvalue weighted by molar-refractivity contribution is 5.96. The number of aromatic nitrogens is 2. The van der Waals surface area contributed by atoms with Gasteiger partial charge in [-0.2, -0.15) is 5.10 Å². The van der Waals surface area contributed by atoms with Crippen LogP contribution in [-0.4, -0.2) is 31.5 Å². The molecule has 0 atom stereocenters. The highest BCUT2D eigenvalue weighted by atomic mass is 16.5. The number of rotatable bonds is 4. The third-order valence-electron chi connectivity index (χ3n) is 3.55. The lowest BCUT2D eigenvalue weighted by atomic mass is 10.1. The molecule has 0 radical (unpaired) electrons. The van der Waals surface area contributed by atoms with Crippen LogP contribution in [0.25, 0.3) is 22.2 Å². The minimum Gasteiger partial charge on any atom is -0.493 e. The van der Waals surface area contributed by atoms with E-state index in [2.05, 4.69) is 10.2 Å². The minimum atomic E-state index is 0.536. The monoisotopic (exact) mass is 299 g/mol. The summed E-state index contributed by atoms with van der Waals surface area (Å²) in [5.74, 6) is 1.72. The number of benzene rings is 2. The molecule has 6 nitrogen and oxygen atoms in total. The molecule has 22 heavy (non-hydrogen) atoms. The van der Waals surface area contributed by atoms with Gasteiger partial charge >= 0.3 is 0 Å². The summed E-state index contributed by atoms with van der Waals surface area (Å²) in [6.45, 7) is 0. The number of nitrogens with two attached hydrogens (primary N) is 1. The first-order valence-electron chi connectivity index (χ1n) is 6.72. The van der Waals surface area contributed by atoms with Gasteiger partial charge in [-0.15, -0.1) is 0 Å². The van der Waals surface area contributed by atoms with Crippen molar-refractivity contribution in [3.05, 3.63) is 30.3 Å². The Balaban J connectivity index is 2.26. The Kier molecular flexibility index (Phi) is 3.50. The van der Waals surface area contributed by atoms with Crippen LogP contribution >= 0.6 is 0 Å². The van der Waals surface area contributed by atoms with Crippen molar-refractivity contribution in [2.45, 2.75) is 0 Å². The molecule has 0 unspecified atom stereocenters. The number of nitrogen functional groups attached to an aromatic ring is 1. The van der Waals surface area contributed by atoms with Crippen LogP contribution in [0.5, 0.6) is 17.2 Å². The molecule has 0 saturated carbocycles. The quantitative estimate of drug-likeness (QED) is 0.724. The molecule has 1 heterocycles. The Morgan fingerprint density at radius 1 is 0.955 bits per heavy atom. The molecule has 3 rings (SSSR count). The summed E-state index contributed by atoms with van der Waals surface area (Å²) in [6.07, 6.45) is 0. The number of hydrogen-bond acceptors (Lipinski definition) is 5. The third kappa shape index (κ3) is 2.09. The lowest BCUT2D eigenvalue weighted by Gasteiger charge is -2.14. The molecule has 3 aromatic rings. The third-order valence-corrected chi connectivity index (χ3v) is 3.55. The van der Waals surface area contributed by atoms with Crippen molar-refractivity contribution in [1.29, 1.82) is 0 Å². The van der Waals surface area contributed by atoms with Crippen LogP contribution in [0, 0.1) is 0 Å². The Bertz CT molecular complexity index is 827. The maximum atomic E-state index is 5.80. The summed E-state index contributed by atoms with van der Waals surface area (Å²) in [6, 6.07) is 9.34. The maximum absolute atomic E-state index is 5.80. The zero-order valence-corrected chi connectivity index (χ0v) is 12.6. The van der Waals surface area contributed by atoms with E-state index in [1.807, 2.05) is 30.3 Å². The van der Waals surface area contributed by atoms with Gasteiger partial charge in [0.15, 0.2) is 11.5 Å². The van der Waals surface area contributed by atoms with Crippen molar-refractivity contribution in [2.75, 3.05) is 27.1 Å². The van der Waals surface area contributed by atoms with Crippen LogP contribution in [0.1, 0.15) is 0 Å². The van der Waals surface area contributed by atoms with Gasteiger partial charge < -0.3 is 19.9 Å². The lowest BCUT2D eigenvalue weighted by Crippen LogP contribution is -1.97. The number of H-pyrrole nitrogens is 1. The molecule has 0 aliphatic heterocycles. The highest BCUT2D eigenvalue weighted by Gasteiger charge is 2.20. The molecule has 0 aliphatic carbocycles. The van der Waals surface area contributed by atoms with E-state index in [1.165, 1.54) is 0 Å². The second-order valence-electron chi connectivity index (χ2n) is 4.76. The molecule has 6 heteroatoms. The number of aromatic amines is 1. The zero-order valence-electron chi connectivity index (χ0n) is 12.6. The molecular formula is C16H17N3O3. The average Bonchev–Trinajstić information content (AvgIpc) is 2.95. The summed E-state index contributed by atoms with van der Waals surface area (Å²) in [7, 11) is 4.75. The molecule has 1 aromatic heterocycles. The molecule has 0 fully saturated rings. The number of anilines is 1. The molecule has 0 saturated heterocycles. The predicted octanol–water partition coefficient (Wildman–Crippen LogP) is 2.84. The maximum Gasteiger partial charge on any atom is 0.203 e. The molecular weight excluding hydrogens is 282 g/mol. The van der Waals surface area contributed by atoms with E-state index < -0.39 is 0 Å². The molecule has 0 bridgehead atoms. The normalized spacial score (nSPS) is 10.7. The van der Waals surface area contributed by atoms with Crippen molar-refractivity contribution in [1.82, 2.24) is 10.2 Å². The second kappa shape index (κ2) is 5.48. The van der Waals surface area contributed by atoms with Crippen molar-refractivity contribution < 1.29 is 14.2 Å². The topological polar surface area (TPSA) is 82.4 Å². The number of nitrogens with one attached hydrogen (secondary N) is 1. The zero-order chi connectivity index (χ0) is 15.7. The highest BCUT2D eigenvalue weighted by Crippen LogP contribution is 2.45. The molecule has 3 N–H and O–H groups in total. The number of fused-ring (bicyclic) bond motifs is 1. The first-order valence-corrected chi connectivity index (χ1v) is 6.72. The van der Waals surface area contributed by atoms with Gasteiger partial charge in [0.2, 0.25) is 5.75 Å². The average molecular weight is 299 g/mol. The molecule has 0 spiro atoms. The van der Waals surface area contributed by atoms with Crippen LogP contribution in [-0.2, 0) is 0 Å². The van der Waals surface area contributed by atoms with Crippen LogP contribution in [0.3, 0.4) is 0 Å². The number of hydrogen-bond donors (Lipinski definition) is 2. The largest absolute Gasteiger partial charge is 0.493 e. The second-order valence-corrected chi connectivity index (χ2v) is 4.76. The van der Waals surface area contributed by atoms with Crippen molar-refractivity contribution >= 4 is 16.6 Å². The number of methoxy groups -OCH3 is 3. The number of ether oxygens (including phenoxy) is 3. The fourth-order valence-electron chi connectivity index (χ4n) is 2.53. The molecule has 114 valence electrons. The molecule has 0 amide bonds. The first-order chi connectivity index (χ1) is 10.7. The van der Waals surface area contributed by atoms with Gasteiger partial charge in [-0.25, -0.2) is 0 Å². The van der Waals surface area contributed by atoms with Gasteiger partial charge in [-0.3, -0.25) is 5.10 Å². The summed E-state index contributed by atoms with van der Waals surface area (Å²) in [4.78, 5) is 0. The Morgan fingerprint density at radius 2 is 1.73 bits per heavy atom. The minimum absolute atomic E-state index is 0.536.